The van der Waals surface area contributed by atoms with Gasteiger partial charge in [-0.2, -0.15) is 0 Å². The Kier molecular flexibility index (Phi) is 5.27. The first-order chi connectivity index (χ1) is 9.88. The average Bonchev–Trinajstić information content (AvgIpc) is 2.40. The molecule has 2 rings (SSSR count). The maximum Gasteiger partial charge on any atom is 0.242 e. The Bertz CT molecular complexity index is 733. The number of nitrogen functional groups attached to an aromatic ring is 1. The lowest BCUT2D eigenvalue weighted by Gasteiger charge is -2.09. The van der Waals surface area contributed by atoms with Crippen LogP contribution >= 0.6 is 27.5 Å². The summed E-state index contributed by atoms with van der Waals surface area (Å²) in [6, 6.07) is 12.0. The minimum atomic E-state index is -3.61. The van der Waals surface area contributed by atoms with Crippen molar-refractivity contribution in [2.45, 2.75) is 11.3 Å². The second-order valence-electron chi connectivity index (χ2n) is 4.46. The van der Waals surface area contributed by atoms with Gasteiger partial charge in [-0.1, -0.05) is 39.7 Å². The number of nitrogens with two attached hydrogens (primary N) is 1. The van der Waals surface area contributed by atoms with Gasteiger partial charge < -0.3 is 5.73 Å². The zero-order valence-electron chi connectivity index (χ0n) is 11.0. The molecule has 0 aliphatic heterocycles. The second-order valence-corrected chi connectivity index (χ2v) is 7.52. The van der Waals surface area contributed by atoms with Crippen LogP contribution in [0, 0.1) is 0 Å². The molecule has 0 unspecified atom stereocenters. The van der Waals surface area contributed by atoms with E-state index < -0.39 is 10.0 Å². The van der Waals surface area contributed by atoms with E-state index in [1.807, 2.05) is 12.1 Å². The molecule has 0 bridgehead atoms. The molecule has 0 heterocycles. The van der Waals surface area contributed by atoms with Crippen LogP contribution in [0.4, 0.5) is 5.69 Å². The molecule has 0 saturated carbocycles. The van der Waals surface area contributed by atoms with Gasteiger partial charge in [-0.15, -0.1) is 0 Å². The lowest BCUT2D eigenvalue weighted by molar-refractivity contribution is 0.581. The van der Waals surface area contributed by atoms with Crippen molar-refractivity contribution in [3.63, 3.8) is 0 Å². The van der Waals surface area contributed by atoms with Crippen molar-refractivity contribution >= 4 is 43.2 Å². The van der Waals surface area contributed by atoms with Crippen LogP contribution in [-0.4, -0.2) is 15.0 Å². The molecule has 112 valence electrons. The maximum atomic E-state index is 12.2. The summed E-state index contributed by atoms with van der Waals surface area (Å²) >= 11 is 9.21. The molecule has 3 N–H and O–H groups in total. The molecule has 21 heavy (non-hydrogen) atoms. The van der Waals surface area contributed by atoms with Gasteiger partial charge in [0.05, 0.1) is 5.02 Å². The van der Waals surface area contributed by atoms with Gasteiger partial charge in [0, 0.05) is 16.7 Å². The fourth-order valence-corrected chi connectivity index (χ4v) is 3.85. The summed E-state index contributed by atoms with van der Waals surface area (Å²) in [6.45, 7) is 0.290. The lowest BCUT2D eigenvalue weighted by Crippen LogP contribution is -2.26. The minimum absolute atomic E-state index is 0.0738. The summed E-state index contributed by atoms with van der Waals surface area (Å²) in [7, 11) is -3.61. The normalized spacial score (nSPS) is 11.5. The van der Waals surface area contributed by atoms with Gasteiger partial charge in [-0.05, 0) is 42.3 Å². The number of sulfonamides is 1. The Morgan fingerprint density at radius 2 is 1.81 bits per heavy atom. The Morgan fingerprint density at radius 3 is 2.43 bits per heavy atom. The highest BCUT2D eigenvalue weighted by Crippen LogP contribution is 2.24. The predicted octanol–water partition coefficient (Wildman–Crippen LogP) is 3.21. The molecular weight excluding hydrogens is 376 g/mol. The molecule has 0 aliphatic rings. The van der Waals surface area contributed by atoms with Crippen molar-refractivity contribution in [3.8, 4) is 0 Å². The van der Waals surface area contributed by atoms with Gasteiger partial charge in [0.1, 0.15) is 4.90 Å². The van der Waals surface area contributed by atoms with E-state index in [9.17, 15) is 8.42 Å². The number of rotatable bonds is 5. The predicted molar refractivity (Wildman–Crippen MR) is 88.9 cm³/mol. The highest BCUT2D eigenvalue weighted by Gasteiger charge is 2.17. The highest BCUT2D eigenvalue weighted by atomic mass is 79.9. The van der Waals surface area contributed by atoms with Crippen LogP contribution in [0.2, 0.25) is 5.02 Å². The fourth-order valence-electron chi connectivity index (χ4n) is 1.78. The zero-order valence-corrected chi connectivity index (χ0v) is 14.2. The third-order valence-electron chi connectivity index (χ3n) is 2.87. The molecule has 0 saturated heterocycles. The van der Waals surface area contributed by atoms with Gasteiger partial charge in [0.2, 0.25) is 10.0 Å². The van der Waals surface area contributed by atoms with Gasteiger partial charge in [-0.3, -0.25) is 0 Å². The van der Waals surface area contributed by atoms with E-state index in [-0.39, 0.29) is 9.92 Å². The Labute approximate surface area is 137 Å². The van der Waals surface area contributed by atoms with E-state index in [2.05, 4.69) is 20.7 Å². The number of nitrogens with one attached hydrogen (secondary N) is 1. The first-order valence-electron chi connectivity index (χ1n) is 6.17. The van der Waals surface area contributed by atoms with Crippen molar-refractivity contribution < 1.29 is 8.42 Å². The van der Waals surface area contributed by atoms with Gasteiger partial charge >= 0.3 is 0 Å². The fraction of sp³-hybridized carbons (Fsp3) is 0.143. The van der Waals surface area contributed by atoms with Crippen molar-refractivity contribution in [3.05, 3.63) is 57.5 Å². The molecule has 0 amide bonds. The summed E-state index contributed by atoms with van der Waals surface area (Å²) in [5, 5.41) is 0.185. The standard InChI is InChI=1S/C14H14BrClN2O2S/c15-11-3-6-14(13(16)9-11)21(19,20)18-8-7-10-1-4-12(17)5-2-10/h1-6,9,18H,7-8,17H2. The van der Waals surface area contributed by atoms with Crippen LogP contribution in [-0.2, 0) is 16.4 Å². The van der Waals surface area contributed by atoms with Gasteiger partial charge in [-0.25, -0.2) is 13.1 Å². The van der Waals surface area contributed by atoms with E-state index >= 15 is 0 Å². The summed E-state index contributed by atoms with van der Waals surface area (Å²) in [6.07, 6.45) is 0.577. The van der Waals surface area contributed by atoms with Crippen molar-refractivity contribution in [1.82, 2.24) is 4.72 Å². The molecule has 0 fully saturated rings. The molecule has 2 aromatic rings. The van der Waals surface area contributed by atoms with Crippen molar-refractivity contribution in [1.29, 1.82) is 0 Å². The van der Waals surface area contributed by atoms with Crippen molar-refractivity contribution in [2.75, 3.05) is 12.3 Å². The second kappa shape index (κ2) is 6.79. The Morgan fingerprint density at radius 1 is 1.14 bits per heavy atom. The summed E-state index contributed by atoms with van der Waals surface area (Å²) in [4.78, 5) is 0.0738. The average molecular weight is 390 g/mol. The molecule has 7 heteroatoms. The number of hydrogen-bond donors (Lipinski definition) is 2. The van der Waals surface area contributed by atoms with E-state index in [4.69, 9.17) is 17.3 Å². The largest absolute Gasteiger partial charge is 0.399 e. The molecule has 0 atom stereocenters. The third kappa shape index (κ3) is 4.44. The van der Waals surface area contributed by atoms with Crippen LogP contribution in [0.15, 0.2) is 51.8 Å². The Balaban J connectivity index is 2.03. The zero-order chi connectivity index (χ0) is 15.5. The molecule has 0 aromatic heterocycles. The van der Waals surface area contributed by atoms with Crippen LogP contribution in [0.5, 0.6) is 0 Å². The number of anilines is 1. The smallest absolute Gasteiger partial charge is 0.242 e. The monoisotopic (exact) mass is 388 g/mol. The highest BCUT2D eigenvalue weighted by molar-refractivity contribution is 9.10. The molecule has 4 nitrogen and oxygen atoms in total. The summed E-state index contributed by atoms with van der Waals surface area (Å²) in [5.41, 5.74) is 7.29. The van der Waals surface area contributed by atoms with Gasteiger partial charge in [0.25, 0.3) is 0 Å². The Hall–Kier alpha value is -1.08. The van der Waals surface area contributed by atoms with E-state index in [1.165, 1.54) is 6.07 Å². The molecule has 0 radical (unpaired) electrons. The van der Waals surface area contributed by atoms with Crippen LogP contribution in [0.25, 0.3) is 0 Å². The lowest BCUT2D eigenvalue weighted by atomic mass is 10.1. The first-order valence-corrected chi connectivity index (χ1v) is 8.83. The number of hydrogen-bond acceptors (Lipinski definition) is 3. The maximum absolute atomic E-state index is 12.2. The molecule has 0 spiro atoms. The topological polar surface area (TPSA) is 72.2 Å². The third-order valence-corrected chi connectivity index (χ3v) is 5.31. The van der Waals surface area contributed by atoms with Crippen LogP contribution in [0.3, 0.4) is 0 Å². The number of benzene rings is 2. The quantitative estimate of drug-likeness (QED) is 0.771. The minimum Gasteiger partial charge on any atom is -0.399 e. The van der Waals surface area contributed by atoms with E-state index in [0.717, 1.165) is 10.0 Å². The van der Waals surface area contributed by atoms with Crippen molar-refractivity contribution in [2.24, 2.45) is 0 Å². The van der Waals surface area contributed by atoms with E-state index in [0.29, 0.717) is 18.7 Å². The van der Waals surface area contributed by atoms with Crippen LogP contribution < -0.4 is 10.5 Å². The summed E-state index contributed by atoms with van der Waals surface area (Å²) in [5.74, 6) is 0. The van der Waals surface area contributed by atoms with E-state index in [1.54, 1.807) is 24.3 Å². The molecular formula is C14H14BrClN2O2S. The summed E-state index contributed by atoms with van der Waals surface area (Å²) < 4.78 is 27.6. The van der Waals surface area contributed by atoms with Gasteiger partial charge in [0.15, 0.2) is 0 Å². The van der Waals surface area contributed by atoms with Crippen LogP contribution in [0.1, 0.15) is 5.56 Å². The SMILES string of the molecule is Nc1ccc(CCNS(=O)(=O)c2ccc(Br)cc2Cl)cc1. The number of halogens is 2. The first kappa shape index (κ1) is 16.3. The molecule has 0 aliphatic carbocycles. The molecule has 2 aromatic carbocycles.